The smallest absolute Gasteiger partial charge is 0.146 e. The molecule has 1 nitrogen and oxygen atoms in total. The van der Waals surface area contributed by atoms with Crippen molar-refractivity contribution in [3.63, 3.8) is 0 Å². The Labute approximate surface area is 103 Å². The lowest BCUT2D eigenvalue weighted by Gasteiger charge is -2.31. The Kier molecular flexibility index (Phi) is 4.77. The molecule has 0 bridgehead atoms. The molecular formula is C12H17F3OSi. The lowest BCUT2D eigenvalue weighted by molar-refractivity contribution is 0.0693. The van der Waals surface area contributed by atoms with Gasteiger partial charge in [0.05, 0.1) is 5.60 Å². The molecule has 1 rings (SSSR count). The number of hydrogen-bond acceptors (Lipinski definition) is 1. The molecule has 0 spiro atoms. The second-order valence-corrected chi connectivity index (χ2v) is 4.53. The summed E-state index contributed by atoms with van der Waals surface area (Å²) >= 11 is 0. The van der Waals surface area contributed by atoms with Crippen LogP contribution in [0.4, 0.5) is 13.2 Å². The Hall–Kier alpha value is -0.813. The zero-order valence-electron chi connectivity index (χ0n) is 10.3. The highest BCUT2D eigenvalue weighted by molar-refractivity contribution is 5.98. The largest absolute Gasteiger partial charge is 0.422 e. The van der Waals surface area contributed by atoms with E-state index in [1.54, 1.807) is 0 Å². The van der Waals surface area contributed by atoms with Crippen LogP contribution in [0.5, 0.6) is 0 Å². The van der Waals surface area contributed by atoms with E-state index in [4.69, 9.17) is 4.43 Å². The molecule has 0 atom stereocenters. The molecule has 0 saturated carbocycles. The Bertz CT molecular complexity index is 360. The summed E-state index contributed by atoms with van der Waals surface area (Å²) in [5.41, 5.74) is -0.628. The first kappa shape index (κ1) is 14.2. The maximum Gasteiger partial charge on any atom is 0.146 e. The van der Waals surface area contributed by atoms with E-state index in [1.807, 2.05) is 13.8 Å². The van der Waals surface area contributed by atoms with Crippen molar-refractivity contribution in [2.75, 3.05) is 0 Å². The normalized spacial score (nSPS) is 12.1. The highest BCUT2D eigenvalue weighted by Crippen LogP contribution is 2.27. The van der Waals surface area contributed by atoms with Gasteiger partial charge in [0.1, 0.15) is 27.9 Å². The van der Waals surface area contributed by atoms with Gasteiger partial charge in [-0.05, 0) is 12.8 Å². The quantitative estimate of drug-likeness (QED) is 0.741. The van der Waals surface area contributed by atoms with E-state index in [1.165, 1.54) is 0 Å². The Morgan fingerprint density at radius 3 is 1.94 bits per heavy atom. The lowest BCUT2D eigenvalue weighted by atomic mass is 9.89. The summed E-state index contributed by atoms with van der Waals surface area (Å²) in [6, 6.07) is 1.42. The van der Waals surface area contributed by atoms with Crippen molar-refractivity contribution < 1.29 is 17.6 Å². The van der Waals surface area contributed by atoms with Gasteiger partial charge in [0.25, 0.3) is 0 Å². The minimum absolute atomic E-state index is 0.0917. The van der Waals surface area contributed by atoms with Gasteiger partial charge in [0.15, 0.2) is 0 Å². The molecule has 96 valence electrons. The number of rotatable bonds is 5. The minimum Gasteiger partial charge on any atom is -0.422 e. The molecule has 0 fully saturated rings. The zero-order chi connectivity index (χ0) is 13.1. The van der Waals surface area contributed by atoms with E-state index < -0.39 is 23.1 Å². The molecule has 0 aromatic heterocycles. The molecule has 5 heteroatoms. The van der Waals surface area contributed by atoms with Crippen molar-refractivity contribution in [2.24, 2.45) is 0 Å². The van der Waals surface area contributed by atoms with Gasteiger partial charge in [-0.15, -0.1) is 0 Å². The molecular weight excluding hydrogens is 245 g/mol. The van der Waals surface area contributed by atoms with E-state index >= 15 is 0 Å². The van der Waals surface area contributed by atoms with Gasteiger partial charge in [-0.1, -0.05) is 13.8 Å². The molecule has 17 heavy (non-hydrogen) atoms. The van der Waals surface area contributed by atoms with Crippen LogP contribution < -0.4 is 0 Å². The standard InChI is InChI=1S/C12H17F3OSi/c1-3-12(4-2,16-17)7-9-10(14)5-8(13)6-11(9)15/h5-6H,3-4,7H2,1-2,17H3. The van der Waals surface area contributed by atoms with Crippen molar-refractivity contribution in [3.8, 4) is 0 Å². The molecule has 0 radical (unpaired) electrons. The van der Waals surface area contributed by atoms with Crippen LogP contribution in [0.3, 0.4) is 0 Å². The van der Waals surface area contributed by atoms with Gasteiger partial charge >= 0.3 is 0 Å². The topological polar surface area (TPSA) is 9.23 Å². The van der Waals surface area contributed by atoms with Crippen LogP contribution in [-0.2, 0) is 10.8 Å². The van der Waals surface area contributed by atoms with Crippen molar-refractivity contribution in [1.29, 1.82) is 0 Å². The van der Waals surface area contributed by atoms with Crippen LogP contribution in [0.1, 0.15) is 32.3 Å². The predicted octanol–water partition coefficient (Wildman–Crippen LogP) is 2.50. The first-order valence-electron chi connectivity index (χ1n) is 5.66. The Morgan fingerprint density at radius 2 is 1.59 bits per heavy atom. The average molecular weight is 262 g/mol. The Morgan fingerprint density at radius 1 is 1.12 bits per heavy atom. The number of benzene rings is 1. The highest BCUT2D eigenvalue weighted by Gasteiger charge is 2.28. The maximum atomic E-state index is 13.5. The van der Waals surface area contributed by atoms with Crippen LogP contribution in [0.2, 0.25) is 0 Å². The zero-order valence-corrected chi connectivity index (χ0v) is 12.3. The van der Waals surface area contributed by atoms with E-state index in [0.717, 1.165) is 0 Å². The number of hydrogen-bond donors (Lipinski definition) is 0. The van der Waals surface area contributed by atoms with Gasteiger partial charge in [-0.3, -0.25) is 0 Å². The van der Waals surface area contributed by atoms with Crippen LogP contribution >= 0.6 is 0 Å². The van der Waals surface area contributed by atoms with Crippen molar-refractivity contribution in [2.45, 2.75) is 38.7 Å². The summed E-state index contributed by atoms with van der Waals surface area (Å²) in [6.45, 7) is 3.83. The van der Waals surface area contributed by atoms with E-state index in [-0.39, 0.29) is 12.0 Å². The van der Waals surface area contributed by atoms with E-state index in [9.17, 15) is 13.2 Å². The van der Waals surface area contributed by atoms with Gasteiger partial charge in [-0.2, -0.15) is 0 Å². The molecule has 0 unspecified atom stereocenters. The third-order valence-corrected chi connectivity index (χ3v) is 4.19. The third-order valence-electron chi connectivity index (χ3n) is 3.33. The number of halogens is 3. The fourth-order valence-electron chi connectivity index (χ4n) is 1.92. The molecule has 0 N–H and O–H groups in total. The van der Waals surface area contributed by atoms with Gasteiger partial charge in [0, 0.05) is 24.1 Å². The van der Waals surface area contributed by atoms with Crippen molar-refractivity contribution >= 4 is 10.5 Å². The summed E-state index contributed by atoms with van der Waals surface area (Å²) in [5, 5.41) is 0. The lowest BCUT2D eigenvalue weighted by Crippen LogP contribution is -2.33. The fourth-order valence-corrected chi connectivity index (χ4v) is 2.65. The van der Waals surface area contributed by atoms with Gasteiger partial charge in [-0.25, -0.2) is 13.2 Å². The molecule has 0 saturated heterocycles. The maximum absolute atomic E-state index is 13.5. The molecule has 0 aliphatic carbocycles. The summed E-state index contributed by atoms with van der Waals surface area (Å²) in [4.78, 5) is 0. The highest BCUT2D eigenvalue weighted by atomic mass is 28.2. The second kappa shape index (κ2) is 5.69. The summed E-state index contributed by atoms with van der Waals surface area (Å²) < 4.78 is 45.3. The van der Waals surface area contributed by atoms with E-state index in [2.05, 4.69) is 0 Å². The SMILES string of the molecule is CCC(CC)(Cc1c(F)cc(F)cc1F)O[SiH3]. The van der Waals surface area contributed by atoms with Crippen LogP contribution in [0.25, 0.3) is 0 Å². The summed E-state index contributed by atoms with van der Waals surface area (Å²) in [5.74, 6) is -2.57. The van der Waals surface area contributed by atoms with Crippen molar-refractivity contribution in [3.05, 3.63) is 35.1 Å². The summed E-state index contributed by atoms with van der Waals surface area (Å²) in [6.07, 6.45) is 1.48. The van der Waals surface area contributed by atoms with Crippen LogP contribution in [0, 0.1) is 17.5 Å². The molecule has 0 heterocycles. The average Bonchev–Trinajstić information content (AvgIpc) is 2.29. The molecule has 0 aliphatic heterocycles. The fraction of sp³-hybridized carbons (Fsp3) is 0.500. The molecule has 0 amide bonds. The monoisotopic (exact) mass is 262 g/mol. The van der Waals surface area contributed by atoms with Crippen LogP contribution in [-0.4, -0.2) is 16.1 Å². The molecule has 0 aliphatic rings. The Balaban J connectivity index is 3.09. The minimum atomic E-state index is -0.894. The first-order chi connectivity index (χ1) is 7.98. The molecule has 1 aromatic carbocycles. The van der Waals surface area contributed by atoms with Crippen LogP contribution in [0.15, 0.2) is 12.1 Å². The van der Waals surface area contributed by atoms with Crippen molar-refractivity contribution in [1.82, 2.24) is 0 Å². The van der Waals surface area contributed by atoms with E-state index in [0.29, 0.717) is 35.5 Å². The summed E-state index contributed by atoms with van der Waals surface area (Å²) in [7, 11) is 0.501. The third kappa shape index (κ3) is 3.10. The first-order valence-corrected chi connectivity index (χ1v) is 6.48. The van der Waals surface area contributed by atoms with Gasteiger partial charge in [0.2, 0.25) is 0 Å². The van der Waals surface area contributed by atoms with Gasteiger partial charge < -0.3 is 4.43 Å². The molecule has 1 aromatic rings. The predicted molar refractivity (Wildman–Crippen MR) is 64.4 cm³/mol. The second-order valence-electron chi connectivity index (χ2n) is 4.12.